The normalized spacial score (nSPS) is 17.8. The molecule has 2 aromatic carbocycles. The van der Waals surface area contributed by atoms with E-state index in [1.165, 1.54) is 5.39 Å². The van der Waals surface area contributed by atoms with Gasteiger partial charge in [-0.3, -0.25) is 9.88 Å². The monoisotopic (exact) mass is 471 g/mol. The van der Waals surface area contributed by atoms with Crippen LogP contribution in [0.5, 0.6) is 0 Å². The molecule has 2 aliphatic heterocycles. The highest BCUT2D eigenvalue weighted by Gasteiger charge is 2.39. The van der Waals surface area contributed by atoms with Gasteiger partial charge in [0.2, 0.25) is 0 Å². The van der Waals surface area contributed by atoms with Gasteiger partial charge in [0.15, 0.2) is 9.84 Å². The minimum atomic E-state index is -2.84. The van der Waals surface area contributed by atoms with Crippen LogP contribution in [-0.4, -0.2) is 52.4 Å². The fourth-order valence-corrected chi connectivity index (χ4v) is 6.38. The Morgan fingerprint density at radius 1 is 1.00 bits per heavy atom. The van der Waals surface area contributed by atoms with Crippen LogP contribution in [0.25, 0.3) is 22.0 Å². The number of hydrogen-bond donors (Lipinski definition) is 1. The van der Waals surface area contributed by atoms with Crippen molar-refractivity contribution in [3.63, 3.8) is 0 Å². The zero-order chi connectivity index (χ0) is 23.3. The molecule has 0 unspecified atom stereocenters. The van der Waals surface area contributed by atoms with E-state index >= 15 is 0 Å². The van der Waals surface area contributed by atoms with E-state index in [4.69, 9.17) is 4.98 Å². The number of sulfone groups is 1. The predicted octanol–water partition coefficient (Wildman–Crippen LogP) is 3.90. The molecule has 1 fully saturated rings. The van der Waals surface area contributed by atoms with Crippen molar-refractivity contribution in [1.29, 1.82) is 0 Å². The summed E-state index contributed by atoms with van der Waals surface area (Å²) in [5.41, 5.74) is 6.20. The van der Waals surface area contributed by atoms with E-state index in [0.717, 1.165) is 57.9 Å². The zero-order valence-electron chi connectivity index (χ0n) is 18.9. The molecule has 2 aliphatic rings. The first-order valence-corrected chi connectivity index (χ1v) is 13.3. The molecule has 7 nitrogen and oxygen atoms in total. The lowest BCUT2D eigenvalue weighted by molar-refractivity contribution is 0.192. The summed E-state index contributed by atoms with van der Waals surface area (Å²) in [5, 5.41) is 5.79. The maximum Gasteiger partial charge on any atom is 0.153 e. The largest absolute Gasteiger partial charge is 0.340 e. The third kappa shape index (κ3) is 3.93. The number of benzene rings is 2. The molecule has 0 atom stereocenters. The predicted molar refractivity (Wildman–Crippen MR) is 134 cm³/mol. The maximum atomic E-state index is 11.6. The Balaban J connectivity index is 1.27. The summed E-state index contributed by atoms with van der Waals surface area (Å²) in [7, 11) is -2.84. The minimum absolute atomic E-state index is 0.110. The van der Waals surface area contributed by atoms with Crippen LogP contribution < -0.4 is 5.32 Å². The van der Waals surface area contributed by atoms with Crippen molar-refractivity contribution in [3.05, 3.63) is 77.9 Å². The van der Waals surface area contributed by atoms with E-state index in [2.05, 4.69) is 63.5 Å². The van der Waals surface area contributed by atoms with Gasteiger partial charge in [-0.15, -0.1) is 0 Å². The number of aryl methyl sites for hydroxylation is 1. The van der Waals surface area contributed by atoms with E-state index in [-0.39, 0.29) is 17.5 Å². The summed E-state index contributed by atoms with van der Waals surface area (Å²) in [6.45, 7) is 3.57. The van der Waals surface area contributed by atoms with Crippen LogP contribution in [0.4, 0.5) is 11.5 Å². The second-order valence-corrected chi connectivity index (χ2v) is 11.3. The summed E-state index contributed by atoms with van der Waals surface area (Å²) >= 11 is 0. The third-order valence-electron chi connectivity index (χ3n) is 6.85. The average molecular weight is 472 g/mol. The number of nitrogens with zero attached hydrogens (tertiary/aromatic N) is 4. The van der Waals surface area contributed by atoms with Crippen LogP contribution in [0, 0.1) is 6.92 Å². The van der Waals surface area contributed by atoms with Gasteiger partial charge < -0.3 is 5.32 Å². The molecule has 172 valence electrons. The summed E-state index contributed by atoms with van der Waals surface area (Å²) in [5.74, 6) is 1.33. The summed E-state index contributed by atoms with van der Waals surface area (Å²) < 4.78 is 23.2. The van der Waals surface area contributed by atoms with Crippen molar-refractivity contribution in [1.82, 2.24) is 19.9 Å². The summed E-state index contributed by atoms with van der Waals surface area (Å²) in [4.78, 5) is 16.0. The minimum Gasteiger partial charge on any atom is -0.340 e. The average Bonchev–Trinajstić information content (AvgIpc) is 2.83. The van der Waals surface area contributed by atoms with Crippen LogP contribution >= 0.6 is 0 Å². The molecule has 0 aliphatic carbocycles. The number of rotatable bonds is 4. The molecule has 0 spiro atoms. The Kier molecular flexibility index (Phi) is 5.08. The Morgan fingerprint density at radius 2 is 1.82 bits per heavy atom. The number of nitrogens with one attached hydrogen (secondary N) is 1. The highest BCUT2D eigenvalue weighted by molar-refractivity contribution is 7.92. The van der Waals surface area contributed by atoms with Crippen molar-refractivity contribution in [2.75, 3.05) is 23.4 Å². The van der Waals surface area contributed by atoms with Gasteiger partial charge >= 0.3 is 0 Å². The molecule has 34 heavy (non-hydrogen) atoms. The number of fused-ring (bicyclic) bond motifs is 2. The fraction of sp³-hybridized carbons (Fsp3) is 0.269. The molecule has 1 saturated heterocycles. The van der Waals surface area contributed by atoms with E-state index in [1.807, 2.05) is 18.3 Å². The van der Waals surface area contributed by atoms with E-state index < -0.39 is 9.84 Å². The van der Waals surface area contributed by atoms with Crippen LogP contribution in [-0.2, 0) is 22.8 Å². The molecule has 6 rings (SSSR count). The zero-order valence-corrected chi connectivity index (χ0v) is 19.7. The van der Waals surface area contributed by atoms with Crippen molar-refractivity contribution in [3.8, 4) is 11.3 Å². The number of aromatic nitrogens is 3. The van der Waals surface area contributed by atoms with Crippen LogP contribution in [0.2, 0.25) is 0 Å². The van der Waals surface area contributed by atoms with E-state index in [1.54, 1.807) is 6.33 Å². The van der Waals surface area contributed by atoms with Gasteiger partial charge in [-0.05, 0) is 42.5 Å². The fourth-order valence-electron chi connectivity index (χ4n) is 4.89. The molecule has 4 heterocycles. The van der Waals surface area contributed by atoms with Gasteiger partial charge in [0.25, 0.3) is 0 Å². The van der Waals surface area contributed by atoms with E-state index in [9.17, 15) is 8.42 Å². The summed E-state index contributed by atoms with van der Waals surface area (Å²) in [6, 6.07) is 16.8. The van der Waals surface area contributed by atoms with Crippen molar-refractivity contribution in [2.24, 2.45) is 0 Å². The first-order chi connectivity index (χ1) is 16.4. The Hall–Kier alpha value is -3.36. The van der Waals surface area contributed by atoms with E-state index in [0.29, 0.717) is 6.54 Å². The molecule has 4 aromatic rings. The molecule has 0 saturated carbocycles. The summed E-state index contributed by atoms with van der Waals surface area (Å²) in [6.07, 6.45) is 4.30. The van der Waals surface area contributed by atoms with Crippen molar-refractivity contribution < 1.29 is 8.42 Å². The standard InChI is InChI=1S/C26H25N5O2S/c1-17-6-7-20(11-23(17)24-10-18-4-2-3-5-19(18)12-27-24)30-26-22-8-9-31(13-25(22)28-16-29-26)21-14-34(32,33)15-21/h2-7,10-12,16,21H,8-9,13-15H2,1H3,(H,28,29,30). The van der Waals surface area contributed by atoms with Gasteiger partial charge in [-0.2, -0.15) is 0 Å². The highest BCUT2D eigenvalue weighted by atomic mass is 32.2. The number of anilines is 2. The maximum absolute atomic E-state index is 11.6. The molecule has 0 radical (unpaired) electrons. The molecule has 8 heteroatoms. The molecular weight excluding hydrogens is 446 g/mol. The lowest BCUT2D eigenvalue weighted by Crippen LogP contribution is -2.54. The topological polar surface area (TPSA) is 88.1 Å². The van der Waals surface area contributed by atoms with Crippen molar-refractivity contribution in [2.45, 2.75) is 25.9 Å². The first-order valence-electron chi connectivity index (χ1n) is 11.5. The van der Waals surface area contributed by atoms with Crippen LogP contribution in [0.3, 0.4) is 0 Å². The molecule has 2 aromatic heterocycles. The Morgan fingerprint density at radius 3 is 2.65 bits per heavy atom. The second kappa shape index (κ2) is 8.14. The van der Waals surface area contributed by atoms with Crippen LogP contribution in [0.1, 0.15) is 16.8 Å². The van der Waals surface area contributed by atoms with Crippen molar-refractivity contribution >= 4 is 32.1 Å². The Bertz CT molecular complexity index is 1510. The number of hydrogen-bond acceptors (Lipinski definition) is 7. The first kappa shape index (κ1) is 21.2. The third-order valence-corrected chi connectivity index (χ3v) is 8.64. The number of pyridine rings is 1. The van der Waals surface area contributed by atoms with Gasteiger partial charge in [0, 0.05) is 47.5 Å². The quantitative estimate of drug-likeness (QED) is 0.483. The van der Waals surface area contributed by atoms with Crippen LogP contribution in [0.15, 0.2) is 61.1 Å². The lowest BCUT2D eigenvalue weighted by Gasteiger charge is -2.39. The lowest BCUT2D eigenvalue weighted by atomic mass is 10.0. The Labute approximate surface area is 198 Å². The smallest absolute Gasteiger partial charge is 0.153 e. The molecular formula is C26H25N5O2S. The molecule has 0 bridgehead atoms. The second-order valence-electron chi connectivity index (χ2n) is 9.17. The van der Waals surface area contributed by atoms with Gasteiger partial charge in [0.05, 0.1) is 22.9 Å². The van der Waals surface area contributed by atoms with Gasteiger partial charge in [-0.1, -0.05) is 30.3 Å². The molecule has 1 N–H and O–H groups in total. The molecule has 0 amide bonds. The highest BCUT2D eigenvalue weighted by Crippen LogP contribution is 2.31. The van der Waals surface area contributed by atoms with Gasteiger partial charge in [-0.25, -0.2) is 18.4 Å². The van der Waals surface area contributed by atoms with Gasteiger partial charge in [0.1, 0.15) is 12.1 Å². The SMILES string of the molecule is Cc1ccc(Nc2ncnc3c2CCN(C2CS(=O)(=O)C2)C3)cc1-c1cc2ccccc2cn1.